The summed E-state index contributed by atoms with van der Waals surface area (Å²) < 4.78 is 2.80. The number of aryl methyl sites for hydroxylation is 1. The average Bonchev–Trinajstić information content (AvgIpc) is 2.67. The van der Waals surface area contributed by atoms with E-state index in [0.29, 0.717) is 0 Å². The molecule has 16 heavy (non-hydrogen) atoms. The van der Waals surface area contributed by atoms with Crippen LogP contribution in [0, 0.1) is 0 Å². The Balaban J connectivity index is 1.82. The summed E-state index contributed by atoms with van der Waals surface area (Å²) in [5.74, 6) is 0.888. The zero-order valence-corrected chi connectivity index (χ0v) is 10.6. The van der Waals surface area contributed by atoms with E-state index in [4.69, 9.17) is 0 Å². The van der Waals surface area contributed by atoms with E-state index in [1.807, 2.05) is 36.1 Å². The van der Waals surface area contributed by atoms with Gasteiger partial charge in [0.25, 0.3) is 0 Å². The van der Waals surface area contributed by atoms with Crippen LogP contribution >= 0.6 is 15.9 Å². The summed E-state index contributed by atoms with van der Waals surface area (Å²) in [5, 5.41) is 7.55. The van der Waals surface area contributed by atoms with Crippen LogP contribution in [0.15, 0.2) is 35.1 Å². The molecular weight excluding hydrogens is 268 g/mol. The highest BCUT2D eigenvalue weighted by Crippen LogP contribution is 2.10. The monoisotopic (exact) mass is 280 g/mol. The fourth-order valence-electron chi connectivity index (χ4n) is 1.40. The molecular formula is C11H13BrN4. The van der Waals surface area contributed by atoms with Crippen molar-refractivity contribution in [3.05, 3.63) is 40.8 Å². The van der Waals surface area contributed by atoms with Crippen molar-refractivity contribution in [2.45, 2.75) is 6.42 Å². The lowest BCUT2D eigenvalue weighted by molar-refractivity contribution is 0.742. The lowest BCUT2D eigenvalue weighted by Gasteiger charge is -2.03. The molecule has 4 nitrogen and oxygen atoms in total. The topological polar surface area (TPSA) is 42.7 Å². The molecule has 0 aliphatic rings. The SMILES string of the molecule is Cn1ccc(CCNc2ccc(Br)cn2)n1. The van der Waals surface area contributed by atoms with E-state index in [1.165, 1.54) is 0 Å². The first-order chi connectivity index (χ1) is 7.74. The van der Waals surface area contributed by atoms with E-state index < -0.39 is 0 Å². The number of hydrogen-bond acceptors (Lipinski definition) is 3. The van der Waals surface area contributed by atoms with Crippen LogP contribution in [-0.2, 0) is 13.5 Å². The third kappa shape index (κ3) is 3.06. The number of aromatic nitrogens is 3. The van der Waals surface area contributed by atoms with Crippen LogP contribution in [0.4, 0.5) is 5.82 Å². The number of halogens is 1. The molecule has 0 saturated heterocycles. The van der Waals surface area contributed by atoms with Gasteiger partial charge in [0.2, 0.25) is 0 Å². The molecule has 84 valence electrons. The predicted octanol–water partition coefficient (Wildman–Crippen LogP) is 2.23. The minimum Gasteiger partial charge on any atom is -0.370 e. The number of nitrogens with one attached hydrogen (secondary N) is 1. The molecule has 0 spiro atoms. The molecule has 0 fully saturated rings. The zero-order chi connectivity index (χ0) is 11.4. The van der Waals surface area contributed by atoms with Crippen molar-refractivity contribution in [2.75, 3.05) is 11.9 Å². The Morgan fingerprint density at radius 2 is 2.25 bits per heavy atom. The molecule has 0 unspecified atom stereocenters. The summed E-state index contributed by atoms with van der Waals surface area (Å²) >= 11 is 3.35. The maximum absolute atomic E-state index is 4.30. The highest BCUT2D eigenvalue weighted by atomic mass is 79.9. The van der Waals surface area contributed by atoms with Crippen LogP contribution in [0.5, 0.6) is 0 Å². The van der Waals surface area contributed by atoms with Gasteiger partial charge >= 0.3 is 0 Å². The number of rotatable bonds is 4. The average molecular weight is 281 g/mol. The Bertz CT molecular complexity index is 449. The lowest BCUT2D eigenvalue weighted by Crippen LogP contribution is -2.06. The first kappa shape index (κ1) is 11.1. The molecule has 0 amide bonds. The first-order valence-electron chi connectivity index (χ1n) is 5.08. The van der Waals surface area contributed by atoms with E-state index in [0.717, 1.165) is 29.0 Å². The molecule has 2 heterocycles. The van der Waals surface area contributed by atoms with Crippen molar-refractivity contribution < 1.29 is 0 Å². The second-order valence-corrected chi connectivity index (χ2v) is 4.43. The minimum atomic E-state index is 0.839. The second-order valence-electron chi connectivity index (χ2n) is 3.52. The lowest BCUT2D eigenvalue weighted by atomic mass is 10.3. The quantitative estimate of drug-likeness (QED) is 0.934. The Morgan fingerprint density at radius 3 is 2.88 bits per heavy atom. The van der Waals surface area contributed by atoms with Crippen molar-refractivity contribution in [3.63, 3.8) is 0 Å². The highest BCUT2D eigenvalue weighted by Gasteiger charge is 1.97. The summed E-state index contributed by atoms with van der Waals surface area (Å²) in [7, 11) is 1.92. The summed E-state index contributed by atoms with van der Waals surface area (Å²) in [6.07, 6.45) is 4.63. The second kappa shape index (κ2) is 5.12. The molecule has 0 atom stereocenters. The molecule has 2 rings (SSSR count). The maximum Gasteiger partial charge on any atom is 0.125 e. The summed E-state index contributed by atoms with van der Waals surface area (Å²) in [6, 6.07) is 5.94. The van der Waals surface area contributed by atoms with E-state index >= 15 is 0 Å². The Morgan fingerprint density at radius 1 is 1.38 bits per heavy atom. The van der Waals surface area contributed by atoms with Gasteiger partial charge in [-0.3, -0.25) is 4.68 Å². The van der Waals surface area contributed by atoms with Gasteiger partial charge in [0.05, 0.1) is 5.69 Å². The van der Waals surface area contributed by atoms with Crippen molar-refractivity contribution >= 4 is 21.7 Å². The minimum absolute atomic E-state index is 0.839. The smallest absolute Gasteiger partial charge is 0.125 e. The standard InChI is InChI=1S/C11H13BrN4/c1-16-7-5-10(15-16)4-6-13-11-3-2-9(12)8-14-11/h2-3,5,7-8H,4,6H2,1H3,(H,13,14). The Labute approximate surface area is 103 Å². The van der Waals surface area contributed by atoms with Gasteiger partial charge in [-0.15, -0.1) is 0 Å². The van der Waals surface area contributed by atoms with Crippen molar-refractivity contribution in [2.24, 2.45) is 7.05 Å². The predicted molar refractivity (Wildman–Crippen MR) is 67.3 cm³/mol. The number of nitrogens with zero attached hydrogens (tertiary/aromatic N) is 3. The normalized spacial score (nSPS) is 10.4. The van der Waals surface area contributed by atoms with Gasteiger partial charge in [-0.1, -0.05) is 0 Å². The molecule has 0 saturated carbocycles. The molecule has 5 heteroatoms. The number of pyridine rings is 1. The van der Waals surface area contributed by atoms with E-state index in [-0.39, 0.29) is 0 Å². The summed E-state index contributed by atoms with van der Waals surface area (Å²) in [6.45, 7) is 0.839. The van der Waals surface area contributed by atoms with Gasteiger partial charge in [0, 0.05) is 36.9 Å². The van der Waals surface area contributed by atoms with Crippen molar-refractivity contribution in [1.82, 2.24) is 14.8 Å². The van der Waals surface area contributed by atoms with Crippen LogP contribution in [0.2, 0.25) is 0 Å². The van der Waals surface area contributed by atoms with Crippen molar-refractivity contribution in [1.29, 1.82) is 0 Å². The van der Waals surface area contributed by atoms with Gasteiger partial charge in [-0.05, 0) is 34.1 Å². The van der Waals surface area contributed by atoms with Crippen LogP contribution < -0.4 is 5.32 Å². The van der Waals surface area contributed by atoms with Gasteiger partial charge in [-0.2, -0.15) is 5.10 Å². The molecule has 0 aromatic carbocycles. The molecule has 2 aromatic rings. The Hall–Kier alpha value is -1.36. The largest absolute Gasteiger partial charge is 0.370 e. The fraction of sp³-hybridized carbons (Fsp3) is 0.273. The van der Waals surface area contributed by atoms with Gasteiger partial charge in [-0.25, -0.2) is 4.98 Å². The van der Waals surface area contributed by atoms with Gasteiger partial charge in [0.15, 0.2) is 0 Å². The summed E-state index contributed by atoms with van der Waals surface area (Å²) in [4.78, 5) is 4.23. The van der Waals surface area contributed by atoms with E-state index in [2.05, 4.69) is 31.3 Å². The molecule has 0 radical (unpaired) electrons. The van der Waals surface area contributed by atoms with Crippen LogP contribution in [0.1, 0.15) is 5.69 Å². The molecule has 0 aliphatic heterocycles. The first-order valence-corrected chi connectivity index (χ1v) is 5.87. The van der Waals surface area contributed by atoms with Crippen LogP contribution in [0.3, 0.4) is 0 Å². The van der Waals surface area contributed by atoms with Crippen LogP contribution in [0.25, 0.3) is 0 Å². The summed E-state index contributed by atoms with van der Waals surface area (Å²) in [5.41, 5.74) is 1.09. The maximum atomic E-state index is 4.30. The fourth-order valence-corrected chi connectivity index (χ4v) is 1.63. The molecule has 0 bridgehead atoms. The van der Waals surface area contributed by atoms with E-state index in [9.17, 15) is 0 Å². The van der Waals surface area contributed by atoms with Crippen molar-refractivity contribution in [3.8, 4) is 0 Å². The Kier molecular flexibility index (Phi) is 3.56. The third-order valence-electron chi connectivity index (χ3n) is 2.18. The number of anilines is 1. The zero-order valence-electron chi connectivity index (χ0n) is 9.02. The molecule has 2 aromatic heterocycles. The number of hydrogen-bond donors (Lipinski definition) is 1. The highest BCUT2D eigenvalue weighted by molar-refractivity contribution is 9.10. The third-order valence-corrected chi connectivity index (χ3v) is 2.65. The van der Waals surface area contributed by atoms with E-state index in [1.54, 1.807) is 6.20 Å². The van der Waals surface area contributed by atoms with Crippen LogP contribution in [-0.4, -0.2) is 21.3 Å². The van der Waals surface area contributed by atoms with Gasteiger partial charge < -0.3 is 5.32 Å². The molecule has 1 N–H and O–H groups in total. The molecule has 0 aliphatic carbocycles. The van der Waals surface area contributed by atoms with Gasteiger partial charge in [0.1, 0.15) is 5.82 Å².